The summed E-state index contributed by atoms with van der Waals surface area (Å²) >= 11 is 2.02. The molecule has 94 valence electrons. The molecule has 1 heterocycles. The number of nitrogens with two attached hydrogens (primary N) is 1. The average molecular weight is 243 g/mol. The second kappa shape index (κ2) is 5.74. The smallest absolute Gasteiger partial charge is 0.0687 e. The van der Waals surface area contributed by atoms with E-state index in [1.54, 1.807) is 0 Å². The van der Waals surface area contributed by atoms with E-state index in [4.69, 9.17) is 10.5 Å². The Bertz CT molecular complexity index is 216. The van der Waals surface area contributed by atoms with Crippen molar-refractivity contribution in [2.45, 2.75) is 57.2 Å². The maximum atomic E-state index is 6.27. The molecule has 3 heteroatoms. The van der Waals surface area contributed by atoms with Gasteiger partial charge < -0.3 is 10.5 Å². The number of rotatable bonds is 5. The minimum atomic E-state index is 0.310. The van der Waals surface area contributed by atoms with E-state index in [1.807, 2.05) is 11.8 Å². The van der Waals surface area contributed by atoms with E-state index >= 15 is 0 Å². The molecule has 1 aliphatic carbocycles. The first-order valence-electron chi connectivity index (χ1n) is 6.70. The summed E-state index contributed by atoms with van der Waals surface area (Å²) in [6.07, 6.45) is 8.50. The molecule has 2 aliphatic rings. The van der Waals surface area contributed by atoms with Crippen LogP contribution in [0.4, 0.5) is 0 Å². The standard InChI is InChI=1S/C13H25NOS/c1-11(8-14)9-16-10-12-4-7-13(15-12)5-2-3-6-13/h11-12H,2-10,14H2,1H3. The molecule has 1 saturated carbocycles. The molecule has 0 aromatic rings. The predicted molar refractivity (Wildman–Crippen MR) is 70.8 cm³/mol. The minimum absolute atomic E-state index is 0.310. The normalized spacial score (nSPS) is 30.0. The molecule has 0 aromatic carbocycles. The van der Waals surface area contributed by atoms with Gasteiger partial charge in [-0.15, -0.1) is 0 Å². The zero-order chi connectivity index (χ0) is 11.4. The van der Waals surface area contributed by atoms with Gasteiger partial charge in [-0.3, -0.25) is 0 Å². The number of ether oxygens (including phenoxy) is 1. The highest BCUT2D eigenvalue weighted by Gasteiger charge is 2.41. The summed E-state index contributed by atoms with van der Waals surface area (Å²) in [5.74, 6) is 3.00. The van der Waals surface area contributed by atoms with Crippen molar-refractivity contribution < 1.29 is 4.74 Å². The Labute approximate surface area is 104 Å². The molecule has 1 saturated heterocycles. The minimum Gasteiger partial charge on any atom is -0.371 e. The fourth-order valence-corrected chi connectivity index (χ4v) is 4.04. The van der Waals surface area contributed by atoms with Gasteiger partial charge in [0.1, 0.15) is 0 Å². The lowest BCUT2D eigenvalue weighted by Crippen LogP contribution is -2.25. The largest absolute Gasteiger partial charge is 0.371 e. The van der Waals surface area contributed by atoms with E-state index < -0.39 is 0 Å². The van der Waals surface area contributed by atoms with Crippen LogP contribution in [0.25, 0.3) is 0 Å². The van der Waals surface area contributed by atoms with Crippen molar-refractivity contribution in [3.8, 4) is 0 Å². The average Bonchev–Trinajstić information content (AvgIpc) is 2.90. The molecule has 0 bridgehead atoms. The second-order valence-electron chi connectivity index (χ2n) is 5.55. The molecule has 2 fully saturated rings. The third-order valence-electron chi connectivity index (χ3n) is 3.96. The molecule has 2 atom stereocenters. The van der Waals surface area contributed by atoms with Crippen LogP contribution in [-0.4, -0.2) is 29.8 Å². The van der Waals surface area contributed by atoms with Gasteiger partial charge in [0.05, 0.1) is 11.7 Å². The van der Waals surface area contributed by atoms with Gasteiger partial charge in [0.2, 0.25) is 0 Å². The first kappa shape index (κ1) is 12.7. The molecule has 1 aliphatic heterocycles. The fraction of sp³-hybridized carbons (Fsp3) is 1.00. The number of thioether (sulfide) groups is 1. The lowest BCUT2D eigenvalue weighted by molar-refractivity contribution is -0.0267. The summed E-state index contributed by atoms with van der Waals surface area (Å²) in [7, 11) is 0. The van der Waals surface area contributed by atoms with Gasteiger partial charge >= 0.3 is 0 Å². The van der Waals surface area contributed by atoms with Crippen molar-refractivity contribution in [1.29, 1.82) is 0 Å². The van der Waals surface area contributed by atoms with E-state index in [2.05, 4.69) is 6.92 Å². The zero-order valence-electron chi connectivity index (χ0n) is 10.4. The molecule has 0 amide bonds. The van der Waals surface area contributed by atoms with Crippen LogP contribution in [0.3, 0.4) is 0 Å². The number of hydrogen-bond acceptors (Lipinski definition) is 3. The molecular formula is C13H25NOS. The van der Waals surface area contributed by atoms with Gasteiger partial charge in [-0.05, 0) is 43.9 Å². The molecule has 0 aromatic heterocycles. The third kappa shape index (κ3) is 3.14. The van der Waals surface area contributed by atoms with Crippen molar-refractivity contribution in [3.05, 3.63) is 0 Å². The van der Waals surface area contributed by atoms with Crippen molar-refractivity contribution >= 4 is 11.8 Å². The molecule has 2 N–H and O–H groups in total. The quantitative estimate of drug-likeness (QED) is 0.806. The summed E-state index contributed by atoms with van der Waals surface area (Å²) in [5, 5.41) is 0. The summed E-state index contributed by atoms with van der Waals surface area (Å²) in [6.45, 7) is 3.03. The Balaban J connectivity index is 1.65. The van der Waals surface area contributed by atoms with Crippen molar-refractivity contribution in [2.24, 2.45) is 11.7 Å². The first-order chi connectivity index (χ1) is 7.74. The van der Waals surface area contributed by atoms with Crippen LogP contribution in [0.15, 0.2) is 0 Å². The first-order valence-corrected chi connectivity index (χ1v) is 7.85. The Morgan fingerprint density at radius 1 is 1.38 bits per heavy atom. The molecule has 2 rings (SSSR count). The monoisotopic (exact) mass is 243 g/mol. The zero-order valence-corrected chi connectivity index (χ0v) is 11.2. The van der Waals surface area contributed by atoms with Gasteiger partial charge in [-0.25, -0.2) is 0 Å². The highest BCUT2D eigenvalue weighted by molar-refractivity contribution is 7.99. The van der Waals surface area contributed by atoms with Crippen LogP contribution in [0.1, 0.15) is 45.4 Å². The van der Waals surface area contributed by atoms with Crippen molar-refractivity contribution in [2.75, 3.05) is 18.1 Å². The number of hydrogen-bond donors (Lipinski definition) is 1. The van der Waals surface area contributed by atoms with Crippen LogP contribution in [-0.2, 0) is 4.74 Å². The van der Waals surface area contributed by atoms with Crippen LogP contribution in [0.5, 0.6) is 0 Å². The van der Waals surface area contributed by atoms with Crippen LogP contribution >= 0.6 is 11.8 Å². The van der Waals surface area contributed by atoms with E-state index in [-0.39, 0.29) is 0 Å². The maximum Gasteiger partial charge on any atom is 0.0687 e. The summed E-state index contributed by atoms with van der Waals surface area (Å²) in [5.41, 5.74) is 5.93. The summed E-state index contributed by atoms with van der Waals surface area (Å²) in [4.78, 5) is 0. The van der Waals surface area contributed by atoms with Crippen LogP contribution in [0.2, 0.25) is 0 Å². The Morgan fingerprint density at radius 2 is 2.12 bits per heavy atom. The summed E-state index contributed by atoms with van der Waals surface area (Å²) < 4.78 is 6.27. The maximum absolute atomic E-state index is 6.27. The Kier molecular flexibility index (Phi) is 4.57. The third-order valence-corrected chi connectivity index (χ3v) is 5.37. The van der Waals surface area contributed by atoms with Gasteiger partial charge in [-0.1, -0.05) is 19.8 Å². The molecule has 2 unspecified atom stereocenters. The lowest BCUT2D eigenvalue weighted by Gasteiger charge is -2.23. The fourth-order valence-electron chi connectivity index (χ4n) is 2.87. The SMILES string of the molecule is CC(CN)CSCC1CCC2(CCCC2)O1. The van der Waals surface area contributed by atoms with E-state index in [1.165, 1.54) is 50.0 Å². The Hall–Kier alpha value is 0.270. The Morgan fingerprint density at radius 3 is 2.81 bits per heavy atom. The van der Waals surface area contributed by atoms with Crippen LogP contribution in [0, 0.1) is 5.92 Å². The van der Waals surface area contributed by atoms with Crippen molar-refractivity contribution in [1.82, 2.24) is 0 Å². The van der Waals surface area contributed by atoms with Gasteiger partial charge in [-0.2, -0.15) is 11.8 Å². The second-order valence-corrected chi connectivity index (χ2v) is 6.62. The van der Waals surface area contributed by atoms with E-state index in [9.17, 15) is 0 Å². The van der Waals surface area contributed by atoms with Crippen LogP contribution < -0.4 is 5.73 Å². The van der Waals surface area contributed by atoms with Crippen molar-refractivity contribution in [3.63, 3.8) is 0 Å². The van der Waals surface area contributed by atoms with Gasteiger partial charge in [0.15, 0.2) is 0 Å². The topological polar surface area (TPSA) is 35.2 Å². The molecule has 1 spiro atoms. The predicted octanol–water partition coefficient (Wildman–Crippen LogP) is 2.81. The van der Waals surface area contributed by atoms with E-state index in [0.717, 1.165) is 6.54 Å². The summed E-state index contributed by atoms with van der Waals surface area (Å²) in [6, 6.07) is 0. The molecule has 2 nitrogen and oxygen atoms in total. The molecular weight excluding hydrogens is 218 g/mol. The molecule has 16 heavy (non-hydrogen) atoms. The van der Waals surface area contributed by atoms with Gasteiger partial charge in [0, 0.05) is 5.75 Å². The molecule has 0 radical (unpaired) electrons. The highest BCUT2D eigenvalue weighted by atomic mass is 32.2. The van der Waals surface area contributed by atoms with E-state index in [0.29, 0.717) is 17.6 Å². The van der Waals surface area contributed by atoms with Gasteiger partial charge in [0.25, 0.3) is 0 Å². The highest BCUT2D eigenvalue weighted by Crippen LogP contribution is 2.43. The lowest BCUT2D eigenvalue weighted by atomic mass is 9.98.